The van der Waals surface area contributed by atoms with Crippen LogP contribution >= 0.6 is 0 Å². The zero-order valence-corrected chi connectivity index (χ0v) is 6.87. The average molecular weight is 166 g/mol. The Labute approximate surface area is 71.1 Å². The Morgan fingerprint density at radius 3 is 2.83 bits per heavy atom. The third-order valence-corrected chi connectivity index (χ3v) is 2.03. The van der Waals surface area contributed by atoms with Crippen molar-refractivity contribution in [2.24, 2.45) is 11.8 Å². The molecule has 2 atom stereocenters. The van der Waals surface area contributed by atoms with Crippen molar-refractivity contribution in [1.29, 1.82) is 0 Å². The van der Waals surface area contributed by atoms with Crippen LogP contribution < -0.4 is 0 Å². The quantitative estimate of drug-likeness (QED) is 0.345. The molecule has 0 N–H and O–H groups in total. The van der Waals surface area contributed by atoms with Crippen LogP contribution in [0.15, 0.2) is 0 Å². The Morgan fingerprint density at radius 1 is 1.75 bits per heavy atom. The standard InChI is InChI=1S/C9H10O3/c1-3-4-6(2)7-5-8(10)12-9(7)11/h1,6-7H,4-5H2,2H3. The fourth-order valence-corrected chi connectivity index (χ4v) is 1.25. The van der Waals surface area contributed by atoms with Crippen LogP contribution in [-0.4, -0.2) is 11.9 Å². The molecule has 0 aromatic rings. The Bertz CT molecular complexity index is 249. The molecule has 1 saturated heterocycles. The average Bonchev–Trinajstić information content (AvgIpc) is 2.30. The van der Waals surface area contributed by atoms with E-state index in [0.29, 0.717) is 6.42 Å². The second-order valence-corrected chi connectivity index (χ2v) is 2.99. The minimum atomic E-state index is -0.436. The smallest absolute Gasteiger partial charge is 0.317 e. The molecule has 0 radical (unpaired) electrons. The molecule has 1 aliphatic heterocycles. The lowest BCUT2D eigenvalue weighted by atomic mass is 9.90. The van der Waals surface area contributed by atoms with Crippen molar-refractivity contribution >= 4 is 11.9 Å². The molecule has 0 saturated carbocycles. The van der Waals surface area contributed by atoms with Crippen LogP contribution in [0.3, 0.4) is 0 Å². The molecule has 1 rings (SSSR count). The molecule has 0 aliphatic carbocycles. The van der Waals surface area contributed by atoms with Gasteiger partial charge in [-0.2, -0.15) is 0 Å². The minimum Gasteiger partial charge on any atom is -0.393 e. The van der Waals surface area contributed by atoms with E-state index in [1.165, 1.54) is 0 Å². The van der Waals surface area contributed by atoms with Crippen LogP contribution in [0, 0.1) is 24.2 Å². The molecule has 0 bridgehead atoms. The highest BCUT2D eigenvalue weighted by atomic mass is 16.6. The van der Waals surface area contributed by atoms with Crippen molar-refractivity contribution < 1.29 is 14.3 Å². The Kier molecular flexibility index (Phi) is 2.49. The summed E-state index contributed by atoms with van der Waals surface area (Å²) in [6.45, 7) is 1.85. The van der Waals surface area contributed by atoms with Gasteiger partial charge >= 0.3 is 11.9 Å². The first kappa shape index (κ1) is 8.79. The molecule has 3 nitrogen and oxygen atoms in total. The number of carbonyl (C=O) groups excluding carboxylic acids is 2. The zero-order valence-electron chi connectivity index (χ0n) is 6.87. The molecule has 64 valence electrons. The lowest BCUT2D eigenvalue weighted by Gasteiger charge is -2.10. The lowest BCUT2D eigenvalue weighted by Crippen LogP contribution is -2.16. The first-order chi connectivity index (χ1) is 5.65. The summed E-state index contributed by atoms with van der Waals surface area (Å²) in [6.07, 6.45) is 5.78. The van der Waals surface area contributed by atoms with Crippen LogP contribution in [-0.2, 0) is 14.3 Å². The van der Waals surface area contributed by atoms with Crippen molar-refractivity contribution in [3.8, 4) is 12.3 Å². The van der Waals surface area contributed by atoms with Crippen LogP contribution in [0.1, 0.15) is 19.8 Å². The fourth-order valence-electron chi connectivity index (χ4n) is 1.25. The first-order valence-electron chi connectivity index (χ1n) is 3.83. The highest BCUT2D eigenvalue weighted by Gasteiger charge is 2.36. The Hall–Kier alpha value is -1.30. The van der Waals surface area contributed by atoms with Crippen molar-refractivity contribution in [3.05, 3.63) is 0 Å². The van der Waals surface area contributed by atoms with E-state index in [9.17, 15) is 9.59 Å². The first-order valence-corrected chi connectivity index (χ1v) is 3.83. The molecule has 1 fully saturated rings. The van der Waals surface area contributed by atoms with Crippen LogP contribution in [0.4, 0.5) is 0 Å². The summed E-state index contributed by atoms with van der Waals surface area (Å²) in [5.41, 5.74) is 0. The molecule has 0 amide bonds. The number of hydrogen-bond donors (Lipinski definition) is 0. The minimum absolute atomic E-state index is 0.0361. The summed E-state index contributed by atoms with van der Waals surface area (Å²) in [6, 6.07) is 0. The molecule has 2 unspecified atom stereocenters. The SMILES string of the molecule is C#CCC(C)C1CC(=O)OC1=O. The number of ether oxygens (including phenoxy) is 1. The summed E-state index contributed by atoms with van der Waals surface area (Å²) in [7, 11) is 0. The van der Waals surface area contributed by atoms with Gasteiger partial charge in [0.1, 0.15) is 0 Å². The van der Waals surface area contributed by atoms with E-state index < -0.39 is 11.9 Å². The van der Waals surface area contributed by atoms with Gasteiger partial charge in [-0.3, -0.25) is 9.59 Å². The fraction of sp³-hybridized carbons (Fsp3) is 0.556. The largest absolute Gasteiger partial charge is 0.393 e. The molecular formula is C9H10O3. The number of terminal acetylenes is 1. The lowest BCUT2D eigenvalue weighted by molar-refractivity contribution is -0.153. The van der Waals surface area contributed by atoms with Crippen molar-refractivity contribution in [1.82, 2.24) is 0 Å². The second-order valence-electron chi connectivity index (χ2n) is 2.99. The van der Waals surface area contributed by atoms with Crippen molar-refractivity contribution in [2.75, 3.05) is 0 Å². The van der Waals surface area contributed by atoms with Gasteiger partial charge in [0.25, 0.3) is 0 Å². The highest BCUT2D eigenvalue weighted by Crippen LogP contribution is 2.25. The van der Waals surface area contributed by atoms with E-state index in [4.69, 9.17) is 6.42 Å². The number of esters is 2. The monoisotopic (exact) mass is 166 g/mol. The second kappa shape index (κ2) is 3.40. The van der Waals surface area contributed by atoms with Gasteiger partial charge < -0.3 is 4.74 Å². The van der Waals surface area contributed by atoms with E-state index in [2.05, 4.69) is 10.7 Å². The van der Waals surface area contributed by atoms with Crippen molar-refractivity contribution in [3.63, 3.8) is 0 Å². The Balaban J connectivity index is 2.59. The maximum Gasteiger partial charge on any atom is 0.317 e. The normalized spacial score (nSPS) is 24.8. The summed E-state index contributed by atoms with van der Waals surface area (Å²) in [4.78, 5) is 21.7. The van der Waals surface area contributed by atoms with Gasteiger partial charge in [-0.05, 0) is 5.92 Å². The summed E-state index contributed by atoms with van der Waals surface area (Å²) < 4.78 is 4.39. The molecule has 0 aromatic heterocycles. The van der Waals surface area contributed by atoms with E-state index in [-0.39, 0.29) is 18.3 Å². The number of cyclic esters (lactones) is 2. The summed E-state index contributed by atoms with van der Waals surface area (Å²) in [5, 5.41) is 0. The molecule has 1 aliphatic rings. The van der Waals surface area contributed by atoms with Crippen LogP contribution in [0.2, 0.25) is 0 Å². The maximum absolute atomic E-state index is 11.0. The summed E-state index contributed by atoms with van der Waals surface area (Å²) in [5.74, 6) is 1.31. The maximum atomic E-state index is 11.0. The van der Waals surface area contributed by atoms with E-state index in [0.717, 1.165) is 0 Å². The molecular weight excluding hydrogens is 156 g/mol. The Morgan fingerprint density at radius 2 is 2.42 bits per heavy atom. The third kappa shape index (κ3) is 1.65. The predicted octanol–water partition coefficient (Wildman–Crippen LogP) is 0.735. The topological polar surface area (TPSA) is 43.4 Å². The van der Waals surface area contributed by atoms with Gasteiger partial charge in [0.2, 0.25) is 0 Å². The molecule has 3 heteroatoms. The molecule has 12 heavy (non-hydrogen) atoms. The predicted molar refractivity (Wildman–Crippen MR) is 41.8 cm³/mol. The highest BCUT2D eigenvalue weighted by molar-refractivity contribution is 5.94. The van der Waals surface area contributed by atoms with Crippen molar-refractivity contribution in [2.45, 2.75) is 19.8 Å². The number of carbonyl (C=O) groups is 2. The number of rotatable bonds is 2. The van der Waals surface area contributed by atoms with E-state index in [1.54, 1.807) is 0 Å². The summed E-state index contributed by atoms with van der Waals surface area (Å²) >= 11 is 0. The van der Waals surface area contributed by atoms with Gasteiger partial charge in [0.15, 0.2) is 0 Å². The third-order valence-electron chi connectivity index (χ3n) is 2.03. The van der Waals surface area contributed by atoms with E-state index in [1.807, 2.05) is 6.92 Å². The molecule has 0 spiro atoms. The molecule has 1 heterocycles. The van der Waals surface area contributed by atoms with Gasteiger partial charge in [0.05, 0.1) is 12.3 Å². The van der Waals surface area contributed by atoms with Crippen LogP contribution in [0.25, 0.3) is 0 Å². The van der Waals surface area contributed by atoms with Gasteiger partial charge in [-0.15, -0.1) is 12.3 Å². The van der Waals surface area contributed by atoms with Gasteiger partial charge in [-0.25, -0.2) is 0 Å². The van der Waals surface area contributed by atoms with E-state index >= 15 is 0 Å². The van der Waals surface area contributed by atoms with Gasteiger partial charge in [-0.1, -0.05) is 6.92 Å². The van der Waals surface area contributed by atoms with Gasteiger partial charge in [0, 0.05) is 6.42 Å². The number of hydrogen-bond acceptors (Lipinski definition) is 3. The van der Waals surface area contributed by atoms with Crippen LogP contribution in [0.5, 0.6) is 0 Å². The molecule has 0 aromatic carbocycles. The zero-order chi connectivity index (χ0) is 9.14.